The second kappa shape index (κ2) is 4.97. The molecule has 18 heavy (non-hydrogen) atoms. The first-order valence-electron chi connectivity index (χ1n) is 6.96. The van der Waals surface area contributed by atoms with Crippen LogP contribution in [0.4, 0.5) is 5.69 Å². The molecule has 1 aromatic rings. The standard InChI is InChI=1S/C16H19NO/c18-16(12-6-2-1-3-7-12)14-8-4-10-15-13(14)9-5-11-17-15/h4,6,8,10,17H,1-3,5,7,9,11H2. The Balaban J connectivity index is 1.96. The molecule has 2 nitrogen and oxygen atoms in total. The number of anilines is 1. The topological polar surface area (TPSA) is 29.1 Å². The molecule has 0 atom stereocenters. The monoisotopic (exact) mass is 241 g/mol. The van der Waals surface area contributed by atoms with E-state index in [1.165, 1.54) is 12.0 Å². The van der Waals surface area contributed by atoms with Crippen LogP contribution in [0.15, 0.2) is 29.8 Å². The summed E-state index contributed by atoms with van der Waals surface area (Å²) in [7, 11) is 0. The van der Waals surface area contributed by atoms with Crippen molar-refractivity contribution in [3.63, 3.8) is 0 Å². The Kier molecular flexibility index (Phi) is 3.18. The second-order valence-corrected chi connectivity index (χ2v) is 5.17. The zero-order chi connectivity index (χ0) is 12.4. The molecule has 1 aliphatic carbocycles. The first kappa shape index (κ1) is 11.5. The Hall–Kier alpha value is -1.57. The maximum Gasteiger partial charge on any atom is 0.189 e. The van der Waals surface area contributed by atoms with Crippen molar-refractivity contribution in [2.75, 3.05) is 11.9 Å². The quantitative estimate of drug-likeness (QED) is 0.799. The van der Waals surface area contributed by atoms with Crippen LogP contribution in [-0.2, 0) is 6.42 Å². The Labute approximate surface area is 108 Å². The number of hydrogen-bond donors (Lipinski definition) is 1. The third-order valence-electron chi connectivity index (χ3n) is 3.92. The van der Waals surface area contributed by atoms with Crippen LogP contribution in [-0.4, -0.2) is 12.3 Å². The number of carbonyl (C=O) groups excluding carboxylic acids is 1. The molecule has 0 amide bonds. The highest BCUT2D eigenvalue weighted by molar-refractivity contribution is 6.10. The Morgan fingerprint density at radius 2 is 2.06 bits per heavy atom. The van der Waals surface area contributed by atoms with Gasteiger partial charge < -0.3 is 5.32 Å². The van der Waals surface area contributed by atoms with Crippen LogP contribution in [0.3, 0.4) is 0 Å². The Morgan fingerprint density at radius 3 is 2.89 bits per heavy atom. The van der Waals surface area contributed by atoms with Crippen molar-refractivity contribution in [2.45, 2.75) is 38.5 Å². The van der Waals surface area contributed by atoms with Gasteiger partial charge in [-0.1, -0.05) is 18.2 Å². The van der Waals surface area contributed by atoms with Crippen LogP contribution in [0.2, 0.25) is 0 Å². The summed E-state index contributed by atoms with van der Waals surface area (Å²) < 4.78 is 0. The van der Waals surface area contributed by atoms with E-state index in [1.807, 2.05) is 12.1 Å². The number of rotatable bonds is 2. The number of nitrogens with one attached hydrogen (secondary N) is 1. The van der Waals surface area contributed by atoms with Gasteiger partial charge in [-0.15, -0.1) is 0 Å². The molecule has 94 valence electrons. The summed E-state index contributed by atoms with van der Waals surface area (Å²) in [4.78, 5) is 12.6. The highest BCUT2D eigenvalue weighted by atomic mass is 16.1. The van der Waals surface area contributed by atoms with Crippen LogP contribution in [0, 0.1) is 0 Å². The third-order valence-corrected chi connectivity index (χ3v) is 3.92. The van der Waals surface area contributed by atoms with Gasteiger partial charge in [-0.05, 0) is 55.7 Å². The summed E-state index contributed by atoms with van der Waals surface area (Å²) in [5.41, 5.74) is 4.33. The van der Waals surface area contributed by atoms with Gasteiger partial charge in [0.1, 0.15) is 0 Å². The van der Waals surface area contributed by atoms with Gasteiger partial charge in [0.2, 0.25) is 0 Å². The smallest absolute Gasteiger partial charge is 0.189 e. The van der Waals surface area contributed by atoms with Gasteiger partial charge in [-0.2, -0.15) is 0 Å². The number of fused-ring (bicyclic) bond motifs is 1. The van der Waals surface area contributed by atoms with E-state index < -0.39 is 0 Å². The molecule has 2 heteroatoms. The van der Waals surface area contributed by atoms with Crippen LogP contribution < -0.4 is 5.32 Å². The number of ketones is 1. The van der Waals surface area contributed by atoms with Crippen molar-refractivity contribution in [1.29, 1.82) is 0 Å². The van der Waals surface area contributed by atoms with Gasteiger partial charge in [0.05, 0.1) is 0 Å². The van der Waals surface area contributed by atoms with E-state index in [4.69, 9.17) is 0 Å². The number of carbonyl (C=O) groups is 1. The summed E-state index contributed by atoms with van der Waals surface area (Å²) in [6.07, 6.45) is 8.69. The first-order chi connectivity index (χ1) is 8.86. The van der Waals surface area contributed by atoms with Gasteiger partial charge in [0, 0.05) is 17.8 Å². The summed E-state index contributed by atoms with van der Waals surface area (Å²) >= 11 is 0. The largest absolute Gasteiger partial charge is 0.385 e. The molecule has 0 spiro atoms. The molecule has 1 aliphatic heterocycles. The predicted octanol–water partition coefficient (Wildman–Crippen LogP) is 3.73. The Bertz CT molecular complexity index is 502. The molecular formula is C16H19NO. The fourth-order valence-electron chi connectivity index (χ4n) is 2.94. The molecule has 0 saturated heterocycles. The fourth-order valence-corrected chi connectivity index (χ4v) is 2.94. The summed E-state index contributed by atoms with van der Waals surface area (Å²) in [5, 5.41) is 3.39. The molecule has 0 radical (unpaired) electrons. The molecule has 2 aliphatic rings. The van der Waals surface area contributed by atoms with Crippen LogP contribution in [0.1, 0.15) is 48.0 Å². The van der Waals surface area contributed by atoms with Crippen molar-refractivity contribution in [2.24, 2.45) is 0 Å². The molecule has 0 aromatic heterocycles. The molecule has 0 unspecified atom stereocenters. The molecule has 0 bridgehead atoms. The summed E-state index contributed by atoms with van der Waals surface area (Å²) in [5.74, 6) is 0.259. The SMILES string of the molecule is O=C(C1=CCCCC1)c1cccc2c1CCCN2. The van der Waals surface area contributed by atoms with Gasteiger partial charge >= 0.3 is 0 Å². The molecular weight excluding hydrogens is 222 g/mol. The lowest BCUT2D eigenvalue weighted by Crippen LogP contribution is -2.16. The van der Waals surface area contributed by atoms with Crippen LogP contribution in [0.25, 0.3) is 0 Å². The third kappa shape index (κ3) is 2.07. The first-order valence-corrected chi connectivity index (χ1v) is 6.96. The van der Waals surface area contributed by atoms with Crippen LogP contribution in [0.5, 0.6) is 0 Å². The summed E-state index contributed by atoms with van der Waals surface area (Å²) in [6, 6.07) is 6.07. The summed E-state index contributed by atoms with van der Waals surface area (Å²) in [6.45, 7) is 1.02. The highest BCUT2D eigenvalue weighted by Gasteiger charge is 2.20. The number of allylic oxidation sites excluding steroid dienone is 2. The van der Waals surface area contributed by atoms with E-state index in [-0.39, 0.29) is 5.78 Å². The van der Waals surface area contributed by atoms with Gasteiger partial charge in [-0.3, -0.25) is 4.79 Å². The van der Waals surface area contributed by atoms with Crippen molar-refractivity contribution in [1.82, 2.24) is 0 Å². The molecule has 3 rings (SSSR count). The predicted molar refractivity (Wildman–Crippen MR) is 74.1 cm³/mol. The van der Waals surface area contributed by atoms with Crippen molar-refractivity contribution in [3.05, 3.63) is 41.0 Å². The lowest BCUT2D eigenvalue weighted by molar-refractivity contribution is 0.102. The average Bonchev–Trinajstić information content (AvgIpc) is 2.47. The maximum absolute atomic E-state index is 12.6. The Morgan fingerprint density at radius 1 is 1.11 bits per heavy atom. The van der Waals surface area contributed by atoms with E-state index in [9.17, 15) is 4.79 Å². The molecule has 0 saturated carbocycles. The lowest BCUT2D eigenvalue weighted by atomic mass is 9.88. The van der Waals surface area contributed by atoms with E-state index >= 15 is 0 Å². The van der Waals surface area contributed by atoms with Crippen molar-refractivity contribution in [3.8, 4) is 0 Å². The number of benzene rings is 1. The van der Waals surface area contributed by atoms with Crippen LogP contribution >= 0.6 is 0 Å². The van der Waals surface area contributed by atoms with Crippen molar-refractivity contribution < 1.29 is 4.79 Å². The molecule has 1 heterocycles. The number of Topliss-reactive ketones (excluding diaryl/α,β-unsaturated/α-hetero) is 1. The fraction of sp³-hybridized carbons (Fsp3) is 0.438. The molecule has 1 aromatic carbocycles. The second-order valence-electron chi connectivity index (χ2n) is 5.17. The van der Waals surface area contributed by atoms with Gasteiger partial charge in [0.15, 0.2) is 5.78 Å². The van der Waals surface area contributed by atoms with E-state index in [1.54, 1.807) is 0 Å². The van der Waals surface area contributed by atoms with Gasteiger partial charge in [-0.25, -0.2) is 0 Å². The number of hydrogen-bond acceptors (Lipinski definition) is 2. The van der Waals surface area contributed by atoms with E-state index in [0.29, 0.717) is 0 Å². The zero-order valence-electron chi connectivity index (χ0n) is 10.7. The van der Waals surface area contributed by atoms with E-state index in [2.05, 4.69) is 17.5 Å². The highest BCUT2D eigenvalue weighted by Crippen LogP contribution is 2.29. The minimum absolute atomic E-state index is 0.259. The van der Waals surface area contributed by atoms with Gasteiger partial charge in [0.25, 0.3) is 0 Å². The molecule has 0 fully saturated rings. The molecule has 1 N–H and O–H groups in total. The minimum atomic E-state index is 0.259. The van der Waals surface area contributed by atoms with E-state index in [0.717, 1.165) is 55.5 Å². The normalized spacial score (nSPS) is 18.6. The average molecular weight is 241 g/mol. The minimum Gasteiger partial charge on any atom is -0.385 e. The zero-order valence-corrected chi connectivity index (χ0v) is 10.7. The lowest BCUT2D eigenvalue weighted by Gasteiger charge is -2.21. The maximum atomic E-state index is 12.6. The van der Waals surface area contributed by atoms with Crippen molar-refractivity contribution >= 4 is 11.5 Å².